The van der Waals surface area contributed by atoms with Crippen molar-refractivity contribution < 1.29 is 9.53 Å². The van der Waals surface area contributed by atoms with E-state index in [1.807, 2.05) is 0 Å². The van der Waals surface area contributed by atoms with Crippen LogP contribution in [0.25, 0.3) is 0 Å². The van der Waals surface area contributed by atoms with Crippen LogP contribution in [0, 0.1) is 29.6 Å². The van der Waals surface area contributed by atoms with Crippen LogP contribution in [0.2, 0.25) is 0 Å². The largest absolute Gasteiger partial charge is 0.469 e. The molecule has 3 rings (SSSR count). The highest BCUT2D eigenvalue weighted by molar-refractivity contribution is 5.72. The van der Waals surface area contributed by atoms with Crippen LogP contribution in [0.5, 0.6) is 0 Å². The predicted octanol–water partition coefficient (Wildman–Crippen LogP) is 0.651. The van der Waals surface area contributed by atoms with E-state index in [1.165, 1.54) is 20.2 Å². The van der Waals surface area contributed by atoms with E-state index in [2.05, 4.69) is 5.32 Å². The maximum absolute atomic E-state index is 11.4. The van der Waals surface area contributed by atoms with Crippen LogP contribution in [0.3, 0.4) is 0 Å². The Balaban J connectivity index is 1.69. The van der Waals surface area contributed by atoms with E-state index in [9.17, 15) is 4.79 Å². The zero-order chi connectivity index (χ0) is 9.71. The van der Waals surface area contributed by atoms with Gasteiger partial charge >= 0.3 is 5.97 Å². The molecule has 0 radical (unpaired) electrons. The normalized spacial score (nSPS) is 49.4. The minimum Gasteiger partial charge on any atom is -0.469 e. The first-order chi connectivity index (χ1) is 6.81. The molecule has 2 aliphatic carbocycles. The standard InChI is InChI=1S/C11H17NO2/c1-14-11(13)6-2-7-8(3-6)10-5-12-4-9(7)10/h6-10,12H,2-5H2,1H3/t6?,7-,8+,9+,10-. The van der Waals surface area contributed by atoms with Crippen molar-refractivity contribution in [2.45, 2.75) is 12.8 Å². The van der Waals surface area contributed by atoms with E-state index in [4.69, 9.17) is 4.74 Å². The number of nitrogens with one attached hydrogen (secondary N) is 1. The van der Waals surface area contributed by atoms with E-state index >= 15 is 0 Å². The van der Waals surface area contributed by atoms with Crippen LogP contribution >= 0.6 is 0 Å². The van der Waals surface area contributed by atoms with Gasteiger partial charge in [-0.3, -0.25) is 4.79 Å². The van der Waals surface area contributed by atoms with E-state index in [0.717, 1.165) is 36.5 Å². The fourth-order valence-electron chi connectivity index (χ4n) is 3.96. The lowest BCUT2D eigenvalue weighted by Gasteiger charge is -2.44. The third-order valence-electron chi connectivity index (χ3n) is 4.61. The first-order valence-corrected chi connectivity index (χ1v) is 5.60. The summed E-state index contributed by atoms with van der Waals surface area (Å²) in [7, 11) is 1.50. The monoisotopic (exact) mass is 195 g/mol. The van der Waals surface area contributed by atoms with Crippen LogP contribution in [-0.4, -0.2) is 26.2 Å². The Bertz CT molecular complexity index is 248. The van der Waals surface area contributed by atoms with Crippen molar-refractivity contribution in [3.63, 3.8) is 0 Å². The number of rotatable bonds is 1. The van der Waals surface area contributed by atoms with Crippen LogP contribution < -0.4 is 5.32 Å². The number of carbonyl (C=O) groups excluding carboxylic acids is 1. The molecular formula is C11H17NO2. The second-order valence-corrected chi connectivity index (χ2v) is 5.01. The van der Waals surface area contributed by atoms with Crippen LogP contribution in [0.1, 0.15) is 12.8 Å². The predicted molar refractivity (Wildman–Crippen MR) is 51.6 cm³/mol. The number of ether oxygens (including phenoxy) is 1. The van der Waals surface area contributed by atoms with Crippen molar-refractivity contribution in [1.29, 1.82) is 0 Å². The van der Waals surface area contributed by atoms with Gasteiger partial charge in [-0.2, -0.15) is 0 Å². The molecule has 0 bridgehead atoms. The molecule has 3 aliphatic rings. The SMILES string of the molecule is COC(=O)C1C[C@@H]2[C@H]3CNC[C@H]3[C@@H]2C1. The molecule has 3 fully saturated rings. The summed E-state index contributed by atoms with van der Waals surface area (Å²) >= 11 is 0. The number of carbonyl (C=O) groups is 1. The Hall–Kier alpha value is -0.570. The second-order valence-electron chi connectivity index (χ2n) is 5.01. The Morgan fingerprint density at radius 3 is 2.21 bits per heavy atom. The third kappa shape index (κ3) is 0.991. The smallest absolute Gasteiger partial charge is 0.308 e. The minimum atomic E-state index is 0.0189. The van der Waals surface area contributed by atoms with Crippen molar-refractivity contribution >= 4 is 5.97 Å². The lowest BCUT2D eigenvalue weighted by atomic mass is 9.60. The molecule has 0 amide bonds. The molecule has 1 heterocycles. The number of esters is 1. The molecule has 2 saturated carbocycles. The van der Waals surface area contributed by atoms with Crippen molar-refractivity contribution in [2.24, 2.45) is 29.6 Å². The van der Waals surface area contributed by atoms with Gasteiger partial charge in [-0.25, -0.2) is 0 Å². The summed E-state index contributed by atoms with van der Waals surface area (Å²) in [6, 6.07) is 0. The Labute approximate surface area is 84.2 Å². The van der Waals surface area contributed by atoms with E-state index < -0.39 is 0 Å². The zero-order valence-electron chi connectivity index (χ0n) is 8.53. The fraction of sp³-hybridized carbons (Fsp3) is 0.909. The van der Waals surface area contributed by atoms with Crippen molar-refractivity contribution in [3.05, 3.63) is 0 Å². The van der Waals surface area contributed by atoms with Gasteiger partial charge < -0.3 is 10.1 Å². The van der Waals surface area contributed by atoms with Gasteiger partial charge in [-0.1, -0.05) is 0 Å². The summed E-state index contributed by atoms with van der Waals surface area (Å²) in [5, 5.41) is 3.45. The maximum Gasteiger partial charge on any atom is 0.308 e. The molecule has 14 heavy (non-hydrogen) atoms. The summed E-state index contributed by atoms with van der Waals surface area (Å²) in [6.45, 7) is 2.36. The number of hydrogen-bond donors (Lipinski definition) is 1. The van der Waals surface area contributed by atoms with Gasteiger partial charge in [0.15, 0.2) is 0 Å². The van der Waals surface area contributed by atoms with Gasteiger partial charge in [-0.15, -0.1) is 0 Å². The molecule has 5 atom stereocenters. The van der Waals surface area contributed by atoms with E-state index in [1.54, 1.807) is 0 Å². The molecule has 0 aromatic heterocycles. The summed E-state index contributed by atoms with van der Waals surface area (Å²) in [5.41, 5.74) is 0. The summed E-state index contributed by atoms with van der Waals surface area (Å²) < 4.78 is 4.83. The van der Waals surface area contributed by atoms with Gasteiger partial charge in [0.2, 0.25) is 0 Å². The molecule has 0 aromatic rings. The topological polar surface area (TPSA) is 38.3 Å². The average molecular weight is 195 g/mol. The molecule has 78 valence electrons. The van der Waals surface area contributed by atoms with Crippen LogP contribution in [0.4, 0.5) is 0 Å². The molecule has 1 saturated heterocycles. The average Bonchev–Trinajstić information content (AvgIpc) is 2.74. The number of hydrogen-bond acceptors (Lipinski definition) is 3. The molecule has 0 aromatic carbocycles. The summed E-state index contributed by atoms with van der Waals surface area (Å²) in [4.78, 5) is 11.4. The van der Waals surface area contributed by atoms with Gasteiger partial charge in [-0.05, 0) is 49.6 Å². The quantitative estimate of drug-likeness (QED) is 0.624. The summed E-state index contributed by atoms with van der Waals surface area (Å²) in [6.07, 6.45) is 2.17. The molecule has 1 aliphatic heterocycles. The Morgan fingerprint density at radius 2 is 1.71 bits per heavy atom. The second kappa shape index (κ2) is 2.96. The number of methoxy groups -OCH3 is 1. The highest BCUT2D eigenvalue weighted by atomic mass is 16.5. The summed E-state index contributed by atoms with van der Waals surface area (Å²) in [5.74, 6) is 3.61. The minimum absolute atomic E-state index is 0.0189. The Kier molecular flexibility index (Phi) is 1.84. The van der Waals surface area contributed by atoms with E-state index in [-0.39, 0.29) is 11.9 Å². The highest BCUT2D eigenvalue weighted by Crippen LogP contribution is 2.58. The van der Waals surface area contributed by atoms with Gasteiger partial charge in [0.05, 0.1) is 13.0 Å². The van der Waals surface area contributed by atoms with Crippen LogP contribution in [0.15, 0.2) is 0 Å². The molecule has 3 heteroatoms. The highest BCUT2D eigenvalue weighted by Gasteiger charge is 2.57. The lowest BCUT2D eigenvalue weighted by molar-refractivity contribution is -0.145. The third-order valence-corrected chi connectivity index (χ3v) is 4.61. The molecular weight excluding hydrogens is 178 g/mol. The van der Waals surface area contributed by atoms with E-state index in [0.29, 0.717) is 0 Å². The van der Waals surface area contributed by atoms with Gasteiger partial charge in [0.25, 0.3) is 0 Å². The molecule has 1 N–H and O–H groups in total. The molecule has 0 spiro atoms. The van der Waals surface area contributed by atoms with Gasteiger partial charge in [0.1, 0.15) is 0 Å². The molecule has 1 unspecified atom stereocenters. The maximum atomic E-state index is 11.4. The fourth-order valence-corrected chi connectivity index (χ4v) is 3.96. The first-order valence-electron chi connectivity index (χ1n) is 5.60. The van der Waals surface area contributed by atoms with Crippen molar-refractivity contribution in [1.82, 2.24) is 5.32 Å². The van der Waals surface area contributed by atoms with Crippen molar-refractivity contribution in [3.8, 4) is 0 Å². The Morgan fingerprint density at radius 1 is 1.14 bits per heavy atom. The van der Waals surface area contributed by atoms with Crippen molar-refractivity contribution in [2.75, 3.05) is 20.2 Å². The van der Waals surface area contributed by atoms with Gasteiger partial charge in [0, 0.05) is 0 Å². The molecule has 3 nitrogen and oxygen atoms in total. The zero-order valence-corrected chi connectivity index (χ0v) is 8.53. The number of fused-ring (bicyclic) bond motifs is 4. The van der Waals surface area contributed by atoms with Crippen LogP contribution in [-0.2, 0) is 9.53 Å². The lowest BCUT2D eigenvalue weighted by Crippen LogP contribution is -2.42. The first kappa shape index (κ1) is 8.72.